The molecule has 3 rings (SSSR count). The summed E-state index contributed by atoms with van der Waals surface area (Å²) in [4.78, 5) is 5.61. The van der Waals surface area contributed by atoms with E-state index in [4.69, 9.17) is 4.42 Å². The maximum absolute atomic E-state index is 6.08. The number of thiazole rings is 1. The van der Waals surface area contributed by atoms with E-state index in [1.165, 1.54) is 10.4 Å². The lowest BCUT2D eigenvalue weighted by atomic mass is 10.1. The molecule has 0 saturated heterocycles. The molecule has 4 heteroatoms. The topological polar surface area (TPSA) is 38.1 Å². The number of hydrogen-bond donors (Lipinski definition) is 1. The Kier molecular flexibility index (Phi) is 4.08. The predicted molar refractivity (Wildman–Crippen MR) is 87.9 cm³/mol. The summed E-state index contributed by atoms with van der Waals surface area (Å²) in [5, 5.41) is 4.74. The number of hydrogen-bond acceptors (Lipinski definition) is 4. The molecular formula is C17H20N2OS. The fourth-order valence-corrected chi connectivity index (χ4v) is 3.41. The van der Waals surface area contributed by atoms with Crippen molar-refractivity contribution in [1.29, 1.82) is 0 Å². The first-order valence-corrected chi connectivity index (χ1v) is 8.20. The third kappa shape index (κ3) is 2.87. The van der Waals surface area contributed by atoms with Gasteiger partial charge < -0.3 is 9.73 Å². The van der Waals surface area contributed by atoms with Gasteiger partial charge in [0.05, 0.1) is 16.1 Å². The summed E-state index contributed by atoms with van der Waals surface area (Å²) in [5.41, 5.74) is 5.17. The Labute approximate surface area is 129 Å². The Morgan fingerprint density at radius 3 is 2.86 bits per heavy atom. The van der Waals surface area contributed by atoms with E-state index in [-0.39, 0.29) is 6.04 Å². The van der Waals surface area contributed by atoms with Crippen molar-refractivity contribution in [2.75, 3.05) is 6.54 Å². The SMILES string of the molecule is CCCNC(c1cc2cc(C)ccc2o1)c1scnc1C. The summed E-state index contributed by atoms with van der Waals surface area (Å²) in [6.07, 6.45) is 1.09. The molecule has 1 aromatic carbocycles. The summed E-state index contributed by atoms with van der Waals surface area (Å²) in [6.45, 7) is 7.29. The van der Waals surface area contributed by atoms with Gasteiger partial charge in [0.15, 0.2) is 0 Å². The molecule has 0 spiro atoms. The van der Waals surface area contributed by atoms with E-state index >= 15 is 0 Å². The molecule has 1 unspecified atom stereocenters. The average Bonchev–Trinajstić information content (AvgIpc) is 3.06. The van der Waals surface area contributed by atoms with Gasteiger partial charge in [0, 0.05) is 5.39 Å². The van der Waals surface area contributed by atoms with Crippen molar-refractivity contribution in [3.8, 4) is 0 Å². The van der Waals surface area contributed by atoms with Crippen LogP contribution in [0.2, 0.25) is 0 Å². The van der Waals surface area contributed by atoms with Crippen LogP contribution in [0, 0.1) is 13.8 Å². The van der Waals surface area contributed by atoms with Gasteiger partial charge >= 0.3 is 0 Å². The number of nitrogens with zero attached hydrogens (tertiary/aromatic N) is 1. The number of fused-ring (bicyclic) bond motifs is 1. The summed E-state index contributed by atoms with van der Waals surface area (Å²) in [7, 11) is 0. The third-order valence-corrected chi connectivity index (χ3v) is 4.61. The van der Waals surface area contributed by atoms with Crippen LogP contribution in [-0.2, 0) is 0 Å². The van der Waals surface area contributed by atoms with Crippen molar-refractivity contribution in [3.63, 3.8) is 0 Å². The molecule has 3 nitrogen and oxygen atoms in total. The van der Waals surface area contributed by atoms with Gasteiger partial charge in [-0.2, -0.15) is 0 Å². The lowest BCUT2D eigenvalue weighted by Crippen LogP contribution is -2.22. The molecule has 1 atom stereocenters. The van der Waals surface area contributed by atoms with Gasteiger partial charge in [0.1, 0.15) is 17.4 Å². The summed E-state index contributed by atoms with van der Waals surface area (Å²) >= 11 is 1.68. The van der Waals surface area contributed by atoms with Crippen molar-refractivity contribution in [1.82, 2.24) is 10.3 Å². The van der Waals surface area contributed by atoms with E-state index in [0.29, 0.717) is 0 Å². The highest BCUT2D eigenvalue weighted by molar-refractivity contribution is 7.09. The molecule has 0 radical (unpaired) electrons. The molecule has 3 aromatic rings. The number of aromatic nitrogens is 1. The van der Waals surface area contributed by atoms with E-state index < -0.39 is 0 Å². The molecule has 2 heterocycles. The first kappa shape index (κ1) is 14.3. The van der Waals surface area contributed by atoms with Gasteiger partial charge in [-0.3, -0.25) is 0 Å². The van der Waals surface area contributed by atoms with Gasteiger partial charge in [-0.05, 0) is 45.0 Å². The summed E-state index contributed by atoms with van der Waals surface area (Å²) in [5.74, 6) is 0.969. The van der Waals surface area contributed by atoms with Crippen LogP contribution >= 0.6 is 11.3 Å². The number of furan rings is 1. The Morgan fingerprint density at radius 1 is 1.29 bits per heavy atom. The molecule has 0 amide bonds. The minimum absolute atomic E-state index is 0.0881. The zero-order valence-electron chi connectivity index (χ0n) is 12.6. The van der Waals surface area contributed by atoms with Gasteiger partial charge in [0.2, 0.25) is 0 Å². The molecule has 21 heavy (non-hydrogen) atoms. The van der Waals surface area contributed by atoms with Crippen LogP contribution in [0.5, 0.6) is 0 Å². The lowest BCUT2D eigenvalue weighted by molar-refractivity contribution is 0.472. The van der Waals surface area contributed by atoms with E-state index in [1.54, 1.807) is 11.3 Å². The van der Waals surface area contributed by atoms with Crippen molar-refractivity contribution >= 4 is 22.3 Å². The van der Waals surface area contributed by atoms with Crippen LogP contribution in [0.4, 0.5) is 0 Å². The van der Waals surface area contributed by atoms with E-state index in [0.717, 1.165) is 35.4 Å². The summed E-state index contributed by atoms with van der Waals surface area (Å²) in [6, 6.07) is 8.53. The minimum atomic E-state index is 0.0881. The highest BCUT2D eigenvalue weighted by Gasteiger charge is 2.21. The molecule has 0 aliphatic carbocycles. The zero-order chi connectivity index (χ0) is 14.8. The highest BCUT2D eigenvalue weighted by Crippen LogP contribution is 2.32. The standard InChI is InChI=1S/C17H20N2OS/c1-4-7-18-16(17-12(3)19-10-21-17)15-9-13-8-11(2)5-6-14(13)20-15/h5-6,8-10,16,18H,4,7H2,1-3H3. The largest absolute Gasteiger partial charge is 0.459 e. The zero-order valence-corrected chi connectivity index (χ0v) is 13.5. The van der Waals surface area contributed by atoms with Gasteiger partial charge in [-0.15, -0.1) is 11.3 Å². The van der Waals surface area contributed by atoms with Crippen LogP contribution in [0.15, 0.2) is 34.2 Å². The minimum Gasteiger partial charge on any atom is -0.459 e. The number of aryl methyl sites for hydroxylation is 2. The second-order valence-corrected chi connectivity index (χ2v) is 6.27. The molecule has 0 saturated carbocycles. The normalized spacial score (nSPS) is 12.9. The Balaban J connectivity index is 2.03. The fourth-order valence-electron chi connectivity index (χ4n) is 2.52. The first-order chi connectivity index (χ1) is 10.2. The maximum atomic E-state index is 6.08. The molecule has 0 aliphatic rings. The maximum Gasteiger partial charge on any atom is 0.134 e. The van der Waals surface area contributed by atoms with Crippen molar-refractivity contribution in [3.05, 3.63) is 51.7 Å². The van der Waals surface area contributed by atoms with Crippen molar-refractivity contribution in [2.45, 2.75) is 33.2 Å². The average molecular weight is 300 g/mol. The Hall–Kier alpha value is -1.65. The van der Waals surface area contributed by atoms with Gasteiger partial charge in [0.25, 0.3) is 0 Å². The number of rotatable bonds is 5. The highest BCUT2D eigenvalue weighted by atomic mass is 32.1. The molecule has 0 bridgehead atoms. The van der Waals surface area contributed by atoms with E-state index in [1.807, 2.05) is 11.6 Å². The Morgan fingerprint density at radius 2 is 2.14 bits per heavy atom. The summed E-state index contributed by atoms with van der Waals surface area (Å²) < 4.78 is 6.08. The molecule has 2 aromatic heterocycles. The van der Waals surface area contributed by atoms with Crippen LogP contribution in [-0.4, -0.2) is 11.5 Å². The second kappa shape index (κ2) is 6.00. The first-order valence-electron chi connectivity index (χ1n) is 7.32. The quantitative estimate of drug-likeness (QED) is 0.748. The molecule has 1 N–H and O–H groups in total. The predicted octanol–water partition coefficient (Wildman–Crippen LogP) is 4.60. The van der Waals surface area contributed by atoms with Crippen molar-refractivity contribution < 1.29 is 4.42 Å². The van der Waals surface area contributed by atoms with Crippen LogP contribution in [0.1, 0.15) is 41.3 Å². The Bertz CT molecular complexity index is 744. The monoisotopic (exact) mass is 300 g/mol. The van der Waals surface area contributed by atoms with E-state index in [9.17, 15) is 0 Å². The molecule has 0 fully saturated rings. The molecular weight excluding hydrogens is 280 g/mol. The number of nitrogens with one attached hydrogen (secondary N) is 1. The third-order valence-electron chi connectivity index (χ3n) is 3.62. The van der Waals surface area contributed by atoms with Crippen LogP contribution in [0.25, 0.3) is 11.0 Å². The second-order valence-electron chi connectivity index (χ2n) is 5.38. The van der Waals surface area contributed by atoms with Gasteiger partial charge in [-0.1, -0.05) is 18.6 Å². The van der Waals surface area contributed by atoms with Crippen LogP contribution in [0.3, 0.4) is 0 Å². The fraction of sp³-hybridized carbons (Fsp3) is 0.353. The van der Waals surface area contributed by atoms with Crippen molar-refractivity contribution in [2.24, 2.45) is 0 Å². The number of benzene rings is 1. The molecule has 0 aliphatic heterocycles. The smallest absolute Gasteiger partial charge is 0.134 e. The van der Waals surface area contributed by atoms with Gasteiger partial charge in [-0.25, -0.2) is 4.98 Å². The lowest BCUT2D eigenvalue weighted by Gasteiger charge is -2.15. The van der Waals surface area contributed by atoms with E-state index in [2.05, 4.69) is 49.3 Å². The molecule has 110 valence electrons. The van der Waals surface area contributed by atoms with Crippen LogP contribution < -0.4 is 5.32 Å².